The highest BCUT2D eigenvalue weighted by molar-refractivity contribution is 8.76. The summed E-state index contributed by atoms with van der Waals surface area (Å²) in [5.74, 6) is 0.235. The molecule has 0 aromatic heterocycles. The maximum atomic E-state index is 12.6. The van der Waals surface area contributed by atoms with Gasteiger partial charge in [0.2, 0.25) is 11.8 Å². The lowest BCUT2D eigenvalue weighted by atomic mass is 10.0. The first-order valence-corrected chi connectivity index (χ1v) is 12.1. The van der Waals surface area contributed by atoms with Crippen LogP contribution < -0.4 is 10.6 Å². The molecule has 0 aliphatic carbocycles. The second kappa shape index (κ2) is 11.7. The molecule has 148 valence electrons. The lowest BCUT2D eigenvalue weighted by molar-refractivity contribution is -0.153. The van der Waals surface area contributed by atoms with Crippen LogP contribution in [0.3, 0.4) is 0 Å². The molecule has 0 aromatic carbocycles. The first-order valence-electron chi connectivity index (χ1n) is 9.64. The van der Waals surface area contributed by atoms with Crippen LogP contribution in [0.5, 0.6) is 0 Å². The van der Waals surface area contributed by atoms with Gasteiger partial charge in [-0.3, -0.25) is 9.59 Å². The average molecular weight is 403 g/mol. The number of cyclic esters (lactones) is 1. The van der Waals surface area contributed by atoms with Crippen molar-refractivity contribution in [3.63, 3.8) is 0 Å². The fourth-order valence-electron chi connectivity index (χ4n) is 3.14. The Morgan fingerprint density at radius 3 is 2.42 bits per heavy atom. The second-order valence-electron chi connectivity index (χ2n) is 6.90. The zero-order valence-electron chi connectivity index (χ0n) is 15.5. The van der Waals surface area contributed by atoms with E-state index in [-0.39, 0.29) is 23.9 Å². The van der Waals surface area contributed by atoms with Gasteiger partial charge in [-0.15, -0.1) is 0 Å². The number of amides is 2. The van der Waals surface area contributed by atoms with Crippen LogP contribution in [0.15, 0.2) is 0 Å². The molecule has 3 atom stereocenters. The largest absolute Gasteiger partial charge is 0.461 e. The van der Waals surface area contributed by atoms with Gasteiger partial charge in [0, 0.05) is 17.9 Å². The van der Waals surface area contributed by atoms with Crippen LogP contribution in [-0.4, -0.2) is 47.5 Å². The summed E-state index contributed by atoms with van der Waals surface area (Å²) < 4.78 is 5.72. The number of carbonyl (C=O) groups is 3. The molecule has 6 nitrogen and oxygen atoms in total. The van der Waals surface area contributed by atoms with Gasteiger partial charge in [-0.05, 0) is 25.7 Å². The Morgan fingerprint density at radius 1 is 0.962 bits per heavy atom. The van der Waals surface area contributed by atoms with Crippen molar-refractivity contribution in [3.8, 4) is 0 Å². The molecular formula is C18H30N2O4S2. The Labute approximate surface area is 163 Å². The highest BCUT2D eigenvalue weighted by atomic mass is 33.1. The molecule has 2 aliphatic rings. The molecule has 2 amide bonds. The molecule has 2 aliphatic heterocycles. The highest BCUT2D eigenvalue weighted by Gasteiger charge is 2.31. The molecule has 8 heteroatoms. The van der Waals surface area contributed by atoms with E-state index >= 15 is 0 Å². The SMILES string of the molecule is CCCC1CCCCCCCC(=O)NC2CSSCC(NC2=O)C(=O)O1. The number of hydrogen-bond acceptors (Lipinski definition) is 6. The minimum atomic E-state index is -0.660. The van der Waals surface area contributed by atoms with Crippen LogP contribution in [0, 0.1) is 0 Å². The number of hydrogen-bond donors (Lipinski definition) is 2. The van der Waals surface area contributed by atoms with Crippen molar-refractivity contribution in [2.24, 2.45) is 0 Å². The lowest BCUT2D eigenvalue weighted by Crippen LogP contribution is -2.54. The normalized spacial score (nSPS) is 29.9. The summed E-state index contributed by atoms with van der Waals surface area (Å²) in [5.41, 5.74) is 0. The van der Waals surface area contributed by atoms with Gasteiger partial charge in [-0.1, -0.05) is 54.2 Å². The highest BCUT2D eigenvalue weighted by Crippen LogP contribution is 2.26. The van der Waals surface area contributed by atoms with Gasteiger partial charge in [0.1, 0.15) is 18.2 Å². The third kappa shape index (κ3) is 7.39. The molecule has 2 saturated heterocycles. The van der Waals surface area contributed by atoms with E-state index in [9.17, 15) is 14.4 Å². The van der Waals surface area contributed by atoms with Crippen molar-refractivity contribution < 1.29 is 19.1 Å². The number of ether oxygens (including phenoxy) is 1. The minimum absolute atomic E-state index is 0.0732. The van der Waals surface area contributed by atoms with E-state index < -0.39 is 12.1 Å². The smallest absolute Gasteiger partial charge is 0.329 e. The van der Waals surface area contributed by atoms with Crippen LogP contribution >= 0.6 is 21.6 Å². The number of rotatable bonds is 2. The van der Waals surface area contributed by atoms with E-state index in [0.717, 1.165) is 51.4 Å². The van der Waals surface area contributed by atoms with Gasteiger partial charge >= 0.3 is 5.97 Å². The van der Waals surface area contributed by atoms with Gasteiger partial charge in [-0.2, -0.15) is 0 Å². The van der Waals surface area contributed by atoms with Gasteiger partial charge in [0.05, 0.1) is 0 Å². The van der Waals surface area contributed by atoms with E-state index in [2.05, 4.69) is 17.6 Å². The molecule has 0 saturated carbocycles. The molecule has 2 fully saturated rings. The Balaban J connectivity index is 2.07. The molecule has 26 heavy (non-hydrogen) atoms. The Hall–Kier alpha value is -0.890. The zero-order chi connectivity index (χ0) is 18.8. The van der Waals surface area contributed by atoms with Crippen molar-refractivity contribution in [2.45, 2.75) is 82.9 Å². The summed E-state index contributed by atoms with van der Waals surface area (Å²) in [6.45, 7) is 2.09. The number of fused-ring (bicyclic) bond motifs is 3. The minimum Gasteiger partial charge on any atom is -0.461 e. The molecule has 0 spiro atoms. The van der Waals surface area contributed by atoms with Gasteiger partial charge in [-0.25, -0.2) is 4.79 Å². The number of esters is 1. The molecule has 0 radical (unpaired) electrons. The summed E-state index contributed by atoms with van der Waals surface area (Å²) in [5, 5.41) is 5.58. The van der Waals surface area contributed by atoms with Crippen molar-refractivity contribution >= 4 is 39.4 Å². The second-order valence-corrected chi connectivity index (χ2v) is 9.46. The van der Waals surface area contributed by atoms with Crippen LogP contribution in [0.1, 0.15) is 64.7 Å². The van der Waals surface area contributed by atoms with Crippen LogP contribution in [0.2, 0.25) is 0 Å². The number of carbonyl (C=O) groups excluding carboxylic acids is 3. The third-order valence-electron chi connectivity index (χ3n) is 4.63. The summed E-state index contributed by atoms with van der Waals surface area (Å²) in [6, 6.07) is -1.26. The summed E-state index contributed by atoms with van der Waals surface area (Å²) in [6.07, 6.45) is 8.11. The van der Waals surface area contributed by atoms with Crippen LogP contribution in [0.25, 0.3) is 0 Å². The van der Waals surface area contributed by atoms with Gasteiger partial charge < -0.3 is 15.4 Å². The Kier molecular flexibility index (Phi) is 9.67. The Bertz CT molecular complexity index is 490. The summed E-state index contributed by atoms with van der Waals surface area (Å²) in [7, 11) is 3.04. The molecule has 0 aromatic rings. The molecular weight excluding hydrogens is 372 g/mol. The maximum absolute atomic E-state index is 12.6. The molecule has 2 N–H and O–H groups in total. The zero-order valence-corrected chi connectivity index (χ0v) is 17.1. The predicted molar refractivity (Wildman–Crippen MR) is 106 cm³/mol. The van der Waals surface area contributed by atoms with E-state index in [4.69, 9.17) is 4.74 Å². The van der Waals surface area contributed by atoms with Crippen molar-refractivity contribution in [3.05, 3.63) is 0 Å². The molecule has 2 bridgehead atoms. The van der Waals surface area contributed by atoms with E-state index in [1.807, 2.05) is 0 Å². The quantitative estimate of drug-likeness (QED) is 0.546. The van der Waals surface area contributed by atoms with Crippen LogP contribution in [-0.2, 0) is 19.1 Å². The average Bonchev–Trinajstić information content (AvgIpc) is 2.59. The standard InChI is InChI=1S/C18H30N2O4S2/c1-2-8-13-9-6-4-3-5-7-10-16(21)19-14-11-25-26-12-15(18(23)24-13)20-17(14)22/h13-15H,2-12H2,1H3,(H,19,21)(H,20,22). The predicted octanol–water partition coefficient (Wildman–Crippen LogP) is 2.81. The summed E-state index contributed by atoms with van der Waals surface area (Å²) in [4.78, 5) is 37.1. The van der Waals surface area contributed by atoms with Crippen molar-refractivity contribution in [1.29, 1.82) is 0 Å². The molecule has 2 rings (SSSR count). The van der Waals surface area contributed by atoms with Gasteiger partial charge in [0.15, 0.2) is 0 Å². The fraction of sp³-hybridized carbons (Fsp3) is 0.833. The van der Waals surface area contributed by atoms with E-state index in [1.165, 1.54) is 21.6 Å². The fourth-order valence-corrected chi connectivity index (χ4v) is 5.45. The monoisotopic (exact) mass is 402 g/mol. The van der Waals surface area contributed by atoms with Gasteiger partial charge in [0.25, 0.3) is 0 Å². The maximum Gasteiger partial charge on any atom is 0.329 e. The van der Waals surface area contributed by atoms with Crippen molar-refractivity contribution in [1.82, 2.24) is 10.6 Å². The first-order chi connectivity index (χ1) is 12.6. The lowest BCUT2D eigenvalue weighted by Gasteiger charge is -2.27. The third-order valence-corrected chi connectivity index (χ3v) is 7.05. The molecule has 2 heterocycles. The molecule has 3 unspecified atom stereocenters. The van der Waals surface area contributed by atoms with E-state index in [0.29, 0.717) is 17.9 Å². The first kappa shape index (κ1) is 21.4. The Morgan fingerprint density at radius 2 is 1.65 bits per heavy atom. The van der Waals surface area contributed by atoms with E-state index in [1.54, 1.807) is 0 Å². The summed E-state index contributed by atoms with van der Waals surface area (Å²) >= 11 is 0. The van der Waals surface area contributed by atoms with Crippen molar-refractivity contribution in [2.75, 3.05) is 11.5 Å². The number of nitrogens with one attached hydrogen (secondary N) is 2. The van der Waals surface area contributed by atoms with Crippen LogP contribution in [0.4, 0.5) is 0 Å². The topological polar surface area (TPSA) is 84.5 Å².